The first-order valence-corrected chi connectivity index (χ1v) is 6.57. The van der Waals surface area contributed by atoms with Gasteiger partial charge in [-0.05, 0) is 25.2 Å². The average Bonchev–Trinajstić information content (AvgIpc) is 2.70. The molecule has 1 aromatic heterocycles. The quantitative estimate of drug-likeness (QED) is 0.876. The Morgan fingerprint density at radius 3 is 2.71 bits per heavy atom. The van der Waals surface area contributed by atoms with E-state index in [-0.39, 0.29) is 5.41 Å². The molecule has 1 aliphatic carbocycles. The minimum absolute atomic E-state index is 0.0320. The van der Waals surface area contributed by atoms with Crippen LogP contribution in [0, 0.1) is 5.41 Å². The van der Waals surface area contributed by atoms with E-state index in [0.717, 1.165) is 31.6 Å². The Balaban J connectivity index is 2.21. The van der Waals surface area contributed by atoms with Crippen LogP contribution in [0.1, 0.15) is 52.3 Å². The molecule has 1 heterocycles. The Morgan fingerprint density at radius 1 is 1.35 bits per heavy atom. The number of hydrogen-bond donors (Lipinski definition) is 1. The molecular formula is C13H23N3O. The van der Waals surface area contributed by atoms with Gasteiger partial charge in [-0.25, -0.2) is 4.98 Å². The second-order valence-electron chi connectivity index (χ2n) is 5.79. The zero-order chi connectivity index (χ0) is 12.5. The highest BCUT2D eigenvalue weighted by Gasteiger charge is 2.45. The minimum Gasteiger partial charge on any atom is -0.389 e. The Labute approximate surface area is 103 Å². The van der Waals surface area contributed by atoms with E-state index in [1.165, 1.54) is 6.42 Å². The van der Waals surface area contributed by atoms with Crippen molar-refractivity contribution < 1.29 is 5.11 Å². The van der Waals surface area contributed by atoms with E-state index in [9.17, 15) is 5.11 Å². The highest BCUT2D eigenvalue weighted by atomic mass is 16.3. The third-order valence-electron chi connectivity index (χ3n) is 4.35. The summed E-state index contributed by atoms with van der Waals surface area (Å²) in [7, 11) is 0. The molecule has 1 atom stereocenters. The van der Waals surface area contributed by atoms with Gasteiger partial charge in [0.1, 0.15) is 12.2 Å². The Morgan fingerprint density at radius 2 is 2.06 bits per heavy atom. The number of hydrogen-bond acceptors (Lipinski definition) is 3. The van der Waals surface area contributed by atoms with Crippen LogP contribution in [0.3, 0.4) is 0 Å². The van der Waals surface area contributed by atoms with Gasteiger partial charge in [-0.1, -0.05) is 26.7 Å². The normalized spacial score (nSPS) is 28.2. The van der Waals surface area contributed by atoms with Gasteiger partial charge in [0.05, 0.1) is 5.60 Å². The first kappa shape index (κ1) is 12.6. The van der Waals surface area contributed by atoms with Gasteiger partial charge in [-0.3, -0.25) is 4.68 Å². The topological polar surface area (TPSA) is 50.9 Å². The van der Waals surface area contributed by atoms with Crippen molar-refractivity contribution in [2.75, 3.05) is 0 Å². The summed E-state index contributed by atoms with van der Waals surface area (Å²) < 4.78 is 1.88. The van der Waals surface area contributed by atoms with E-state index < -0.39 is 5.60 Å². The molecule has 0 radical (unpaired) electrons. The predicted molar refractivity (Wildman–Crippen MR) is 66.6 cm³/mol. The lowest BCUT2D eigenvalue weighted by Gasteiger charge is -2.46. The molecular weight excluding hydrogens is 214 g/mol. The molecule has 96 valence electrons. The fourth-order valence-corrected chi connectivity index (χ4v) is 2.83. The van der Waals surface area contributed by atoms with Gasteiger partial charge in [-0.15, -0.1) is 0 Å². The largest absolute Gasteiger partial charge is 0.389 e. The maximum Gasteiger partial charge on any atom is 0.138 e. The molecule has 17 heavy (non-hydrogen) atoms. The van der Waals surface area contributed by atoms with Gasteiger partial charge in [0.25, 0.3) is 0 Å². The maximum atomic E-state index is 10.9. The van der Waals surface area contributed by atoms with E-state index >= 15 is 0 Å². The van der Waals surface area contributed by atoms with Crippen molar-refractivity contribution in [1.82, 2.24) is 14.8 Å². The predicted octanol–water partition coefficient (Wildman–Crippen LogP) is 2.17. The number of aryl methyl sites for hydroxylation is 1. The lowest BCUT2D eigenvalue weighted by Crippen LogP contribution is -2.49. The van der Waals surface area contributed by atoms with Crippen molar-refractivity contribution in [3.63, 3.8) is 0 Å². The Kier molecular flexibility index (Phi) is 3.25. The lowest BCUT2D eigenvalue weighted by atomic mass is 9.64. The first-order valence-electron chi connectivity index (χ1n) is 6.57. The lowest BCUT2D eigenvalue weighted by molar-refractivity contribution is -0.0975. The van der Waals surface area contributed by atoms with Crippen LogP contribution in [-0.2, 0) is 13.0 Å². The van der Waals surface area contributed by atoms with Crippen LogP contribution in [-0.4, -0.2) is 25.5 Å². The van der Waals surface area contributed by atoms with Gasteiger partial charge in [0.15, 0.2) is 0 Å². The second kappa shape index (κ2) is 4.41. The van der Waals surface area contributed by atoms with E-state index in [4.69, 9.17) is 0 Å². The number of aromatic nitrogens is 3. The third-order valence-corrected chi connectivity index (χ3v) is 4.35. The molecule has 1 fully saturated rings. The molecule has 0 bridgehead atoms. The molecule has 4 nitrogen and oxygen atoms in total. The molecule has 1 aromatic rings. The molecule has 0 amide bonds. The number of aliphatic hydroxyl groups is 1. The SMILES string of the molecule is CCn1ncnc1CC1(O)CCCCC1(C)C. The summed E-state index contributed by atoms with van der Waals surface area (Å²) in [5.41, 5.74) is -0.666. The zero-order valence-electron chi connectivity index (χ0n) is 11.1. The highest BCUT2D eigenvalue weighted by Crippen LogP contribution is 2.45. The van der Waals surface area contributed by atoms with E-state index in [1.807, 2.05) is 11.6 Å². The van der Waals surface area contributed by atoms with Crippen molar-refractivity contribution >= 4 is 0 Å². The number of nitrogens with zero attached hydrogens (tertiary/aromatic N) is 3. The molecule has 0 saturated heterocycles. The van der Waals surface area contributed by atoms with Gasteiger partial charge in [-0.2, -0.15) is 5.10 Å². The summed E-state index contributed by atoms with van der Waals surface area (Å²) in [6.45, 7) is 7.19. The Hall–Kier alpha value is -0.900. The molecule has 4 heteroatoms. The molecule has 1 N–H and O–H groups in total. The first-order chi connectivity index (χ1) is 7.98. The van der Waals surface area contributed by atoms with Crippen molar-refractivity contribution in [1.29, 1.82) is 0 Å². The van der Waals surface area contributed by atoms with Crippen LogP contribution < -0.4 is 0 Å². The summed E-state index contributed by atoms with van der Waals surface area (Å²) in [4.78, 5) is 4.28. The molecule has 1 unspecified atom stereocenters. The average molecular weight is 237 g/mol. The molecule has 1 aliphatic rings. The number of rotatable bonds is 3. The van der Waals surface area contributed by atoms with Crippen molar-refractivity contribution in [3.8, 4) is 0 Å². The summed E-state index contributed by atoms with van der Waals surface area (Å²) >= 11 is 0. The van der Waals surface area contributed by atoms with Crippen LogP contribution >= 0.6 is 0 Å². The van der Waals surface area contributed by atoms with Gasteiger partial charge in [0.2, 0.25) is 0 Å². The van der Waals surface area contributed by atoms with E-state index in [1.54, 1.807) is 6.33 Å². The fraction of sp³-hybridized carbons (Fsp3) is 0.846. The van der Waals surface area contributed by atoms with Crippen molar-refractivity contribution in [2.45, 2.75) is 65.0 Å². The molecule has 0 spiro atoms. The minimum atomic E-state index is -0.634. The standard InChI is InChI=1S/C13H23N3O/c1-4-16-11(14-10-15-16)9-13(17)8-6-5-7-12(13,2)3/h10,17H,4-9H2,1-3H3. The fourth-order valence-electron chi connectivity index (χ4n) is 2.83. The summed E-state index contributed by atoms with van der Waals surface area (Å²) in [5, 5.41) is 15.1. The van der Waals surface area contributed by atoms with Crippen LogP contribution in [0.2, 0.25) is 0 Å². The third kappa shape index (κ3) is 2.23. The maximum absolute atomic E-state index is 10.9. The van der Waals surface area contributed by atoms with Crippen LogP contribution in [0.4, 0.5) is 0 Å². The van der Waals surface area contributed by atoms with E-state index in [0.29, 0.717) is 6.42 Å². The van der Waals surface area contributed by atoms with Crippen LogP contribution in [0.25, 0.3) is 0 Å². The van der Waals surface area contributed by atoms with Crippen molar-refractivity contribution in [3.05, 3.63) is 12.2 Å². The van der Waals surface area contributed by atoms with Gasteiger partial charge >= 0.3 is 0 Å². The van der Waals surface area contributed by atoms with Gasteiger partial charge in [0, 0.05) is 13.0 Å². The molecule has 2 rings (SSSR count). The second-order valence-corrected chi connectivity index (χ2v) is 5.79. The zero-order valence-corrected chi connectivity index (χ0v) is 11.1. The Bertz CT molecular complexity index is 386. The van der Waals surface area contributed by atoms with Crippen LogP contribution in [0.15, 0.2) is 6.33 Å². The summed E-state index contributed by atoms with van der Waals surface area (Å²) in [6, 6.07) is 0. The molecule has 1 saturated carbocycles. The van der Waals surface area contributed by atoms with Gasteiger partial charge < -0.3 is 5.11 Å². The van der Waals surface area contributed by atoms with E-state index in [2.05, 4.69) is 23.9 Å². The van der Waals surface area contributed by atoms with Crippen LogP contribution in [0.5, 0.6) is 0 Å². The highest BCUT2D eigenvalue weighted by molar-refractivity contribution is 5.03. The molecule has 0 aromatic carbocycles. The summed E-state index contributed by atoms with van der Waals surface area (Å²) in [6.07, 6.45) is 6.49. The monoisotopic (exact) mass is 237 g/mol. The smallest absolute Gasteiger partial charge is 0.138 e. The van der Waals surface area contributed by atoms with Crippen molar-refractivity contribution in [2.24, 2.45) is 5.41 Å². The molecule has 0 aliphatic heterocycles. The summed E-state index contributed by atoms with van der Waals surface area (Å²) in [5.74, 6) is 0.907.